The number of hydrogen-bond acceptors (Lipinski definition) is 3. The molecule has 1 saturated heterocycles. The summed E-state index contributed by atoms with van der Waals surface area (Å²) < 4.78 is 40.2. The Bertz CT molecular complexity index is 471. The van der Waals surface area contributed by atoms with Crippen LogP contribution in [0.3, 0.4) is 0 Å². The molecule has 116 valence electrons. The Hall–Kier alpha value is -1.43. The lowest BCUT2D eigenvalue weighted by Crippen LogP contribution is -2.27. The highest BCUT2D eigenvalue weighted by atomic mass is 19.4. The van der Waals surface area contributed by atoms with Gasteiger partial charge in [-0.25, -0.2) is 0 Å². The summed E-state index contributed by atoms with van der Waals surface area (Å²) in [6.45, 7) is 2.95. The highest BCUT2D eigenvalue weighted by Gasteiger charge is 2.31. The first-order valence-corrected chi connectivity index (χ1v) is 7.34. The van der Waals surface area contributed by atoms with E-state index in [1.54, 1.807) is 12.1 Å². The standard InChI is InChI=1S/C15H19F3N2O/c16-15(17,18)21-14-5-3-13(4-6-14)20-8-7-11(10-20)9-19-12-1-2-12/h3-6,11-12,19H,1-2,7-10H2. The van der Waals surface area contributed by atoms with Gasteiger partial charge in [-0.2, -0.15) is 0 Å². The largest absolute Gasteiger partial charge is 0.573 e. The smallest absolute Gasteiger partial charge is 0.406 e. The Kier molecular flexibility index (Phi) is 3.97. The van der Waals surface area contributed by atoms with Gasteiger partial charge in [0.2, 0.25) is 0 Å². The van der Waals surface area contributed by atoms with E-state index in [0.717, 1.165) is 37.8 Å². The van der Waals surface area contributed by atoms with Crippen molar-refractivity contribution in [2.24, 2.45) is 5.92 Å². The molecule has 21 heavy (non-hydrogen) atoms. The van der Waals surface area contributed by atoms with Gasteiger partial charge in [0.05, 0.1) is 0 Å². The van der Waals surface area contributed by atoms with Crippen molar-refractivity contribution in [2.75, 3.05) is 24.5 Å². The summed E-state index contributed by atoms with van der Waals surface area (Å²) in [5.41, 5.74) is 0.957. The molecule has 3 nitrogen and oxygen atoms in total. The minimum Gasteiger partial charge on any atom is -0.406 e. The minimum atomic E-state index is -4.63. The van der Waals surface area contributed by atoms with Crippen molar-refractivity contribution in [1.82, 2.24) is 5.32 Å². The van der Waals surface area contributed by atoms with Crippen LogP contribution < -0.4 is 15.0 Å². The number of benzene rings is 1. The Morgan fingerprint density at radius 1 is 1.14 bits per heavy atom. The fourth-order valence-electron chi connectivity index (χ4n) is 2.71. The predicted molar refractivity (Wildman–Crippen MR) is 74.5 cm³/mol. The second kappa shape index (κ2) is 5.75. The van der Waals surface area contributed by atoms with Crippen LogP contribution in [-0.2, 0) is 0 Å². The van der Waals surface area contributed by atoms with Crippen molar-refractivity contribution in [3.8, 4) is 5.75 Å². The molecular formula is C15H19F3N2O. The van der Waals surface area contributed by atoms with E-state index in [-0.39, 0.29) is 5.75 Å². The van der Waals surface area contributed by atoms with Gasteiger partial charge >= 0.3 is 6.36 Å². The highest BCUT2D eigenvalue weighted by Crippen LogP contribution is 2.28. The summed E-state index contributed by atoms with van der Waals surface area (Å²) in [5, 5.41) is 3.53. The molecule has 0 bridgehead atoms. The monoisotopic (exact) mass is 300 g/mol. The molecule has 1 aromatic rings. The van der Waals surface area contributed by atoms with Crippen LogP contribution in [0.25, 0.3) is 0 Å². The lowest BCUT2D eigenvalue weighted by molar-refractivity contribution is -0.274. The summed E-state index contributed by atoms with van der Waals surface area (Å²) in [6, 6.07) is 6.85. The van der Waals surface area contributed by atoms with E-state index in [4.69, 9.17) is 0 Å². The first-order valence-electron chi connectivity index (χ1n) is 7.34. The molecule has 0 spiro atoms. The second-order valence-corrected chi connectivity index (χ2v) is 5.82. The summed E-state index contributed by atoms with van der Waals surface area (Å²) >= 11 is 0. The van der Waals surface area contributed by atoms with E-state index in [2.05, 4.69) is 15.0 Å². The number of ether oxygens (including phenoxy) is 1. The van der Waals surface area contributed by atoms with Gasteiger partial charge in [-0.05, 0) is 56.0 Å². The summed E-state index contributed by atoms with van der Waals surface area (Å²) in [7, 11) is 0. The van der Waals surface area contributed by atoms with Crippen molar-refractivity contribution in [3.63, 3.8) is 0 Å². The zero-order chi connectivity index (χ0) is 14.9. The zero-order valence-corrected chi connectivity index (χ0v) is 11.7. The quantitative estimate of drug-likeness (QED) is 0.904. The van der Waals surface area contributed by atoms with Gasteiger partial charge in [0.15, 0.2) is 0 Å². The van der Waals surface area contributed by atoms with Crippen molar-refractivity contribution in [3.05, 3.63) is 24.3 Å². The molecule has 1 aromatic carbocycles. The molecule has 0 amide bonds. The molecule has 3 rings (SSSR count). The van der Waals surface area contributed by atoms with Crippen molar-refractivity contribution >= 4 is 5.69 Å². The van der Waals surface area contributed by atoms with Crippen LogP contribution in [0.5, 0.6) is 5.75 Å². The molecule has 2 fully saturated rings. The number of rotatable bonds is 5. The molecule has 0 aromatic heterocycles. The summed E-state index contributed by atoms with van der Waals surface area (Å²) in [4.78, 5) is 2.22. The Labute approximate surface area is 122 Å². The maximum atomic E-state index is 12.1. The van der Waals surface area contributed by atoms with Crippen LogP contribution in [0, 0.1) is 5.92 Å². The topological polar surface area (TPSA) is 24.5 Å². The van der Waals surface area contributed by atoms with Gasteiger partial charge < -0.3 is 15.0 Å². The first kappa shape index (κ1) is 14.5. The Balaban J connectivity index is 1.52. The third-order valence-electron chi connectivity index (χ3n) is 3.99. The minimum absolute atomic E-state index is 0.169. The molecule has 0 radical (unpaired) electrons. The van der Waals surface area contributed by atoms with E-state index in [1.165, 1.54) is 25.0 Å². The SMILES string of the molecule is FC(F)(F)Oc1ccc(N2CCC(CNC3CC3)C2)cc1. The van der Waals surface area contributed by atoms with Gasteiger partial charge in [-0.3, -0.25) is 0 Å². The maximum Gasteiger partial charge on any atom is 0.573 e. The Morgan fingerprint density at radius 2 is 1.86 bits per heavy atom. The van der Waals surface area contributed by atoms with Crippen LogP contribution in [0.4, 0.5) is 18.9 Å². The average molecular weight is 300 g/mol. The predicted octanol–water partition coefficient (Wildman–Crippen LogP) is 3.16. The van der Waals surface area contributed by atoms with Gasteiger partial charge in [0, 0.05) is 24.8 Å². The molecule has 1 aliphatic carbocycles. The normalized spacial score (nSPS) is 22.6. The highest BCUT2D eigenvalue weighted by molar-refractivity contribution is 5.49. The summed E-state index contributed by atoms with van der Waals surface area (Å²) in [6.07, 6.45) is -0.927. The number of alkyl halides is 3. The van der Waals surface area contributed by atoms with Gasteiger partial charge in [0.1, 0.15) is 5.75 Å². The number of hydrogen-bond donors (Lipinski definition) is 1. The average Bonchev–Trinajstić information content (AvgIpc) is 3.13. The summed E-state index contributed by atoms with van der Waals surface area (Å²) in [5.74, 6) is 0.453. The van der Waals surface area contributed by atoms with E-state index in [9.17, 15) is 13.2 Å². The van der Waals surface area contributed by atoms with E-state index < -0.39 is 6.36 Å². The molecule has 1 unspecified atom stereocenters. The number of halogens is 3. The molecule has 1 aliphatic heterocycles. The van der Waals surface area contributed by atoms with Crippen molar-refractivity contribution in [1.29, 1.82) is 0 Å². The van der Waals surface area contributed by atoms with Crippen molar-refractivity contribution in [2.45, 2.75) is 31.7 Å². The molecule has 1 heterocycles. The van der Waals surface area contributed by atoms with E-state index in [1.807, 2.05) is 0 Å². The van der Waals surface area contributed by atoms with Gasteiger partial charge in [-0.15, -0.1) is 13.2 Å². The fraction of sp³-hybridized carbons (Fsp3) is 0.600. The molecule has 1 saturated carbocycles. The number of anilines is 1. The zero-order valence-electron chi connectivity index (χ0n) is 11.7. The molecule has 1 atom stereocenters. The first-order chi connectivity index (χ1) is 9.99. The van der Waals surface area contributed by atoms with E-state index >= 15 is 0 Å². The fourth-order valence-corrected chi connectivity index (χ4v) is 2.71. The lowest BCUT2D eigenvalue weighted by Gasteiger charge is -2.19. The van der Waals surface area contributed by atoms with Crippen LogP contribution in [0.2, 0.25) is 0 Å². The number of nitrogens with zero attached hydrogens (tertiary/aromatic N) is 1. The van der Waals surface area contributed by atoms with Crippen LogP contribution in [0.15, 0.2) is 24.3 Å². The molecule has 2 aliphatic rings. The van der Waals surface area contributed by atoms with Gasteiger partial charge in [0.25, 0.3) is 0 Å². The molecule has 1 N–H and O–H groups in total. The third-order valence-corrected chi connectivity index (χ3v) is 3.99. The maximum absolute atomic E-state index is 12.1. The lowest BCUT2D eigenvalue weighted by atomic mass is 10.1. The van der Waals surface area contributed by atoms with Crippen molar-refractivity contribution < 1.29 is 17.9 Å². The Morgan fingerprint density at radius 3 is 2.48 bits per heavy atom. The molecule has 6 heteroatoms. The van der Waals surface area contributed by atoms with Crippen LogP contribution in [-0.4, -0.2) is 32.0 Å². The third kappa shape index (κ3) is 4.27. The second-order valence-electron chi connectivity index (χ2n) is 5.82. The molecular weight excluding hydrogens is 281 g/mol. The van der Waals surface area contributed by atoms with Crippen LogP contribution >= 0.6 is 0 Å². The van der Waals surface area contributed by atoms with E-state index in [0.29, 0.717) is 5.92 Å². The van der Waals surface area contributed by atoms with Crippen LogP contribution in [0.1, 0.15) is 19.3 Å². The van der Waals surface area contributed by atoms with Gasteiger partial charge in [-0.1, -0.05) is 0 Å². The number of nitrogens with one attached hydrogen (secondary N) is 1.